The monoisotopic (exact) mass is 976 g/mol. The number of ether oxygens (including phenoxy) is 4. The van der Waals surface area contributed by atoms with Gasteiger partial charge < -0.3 is 34.5 Å². The molecule has 4 atom stereocenters. The molecule has 3 aliphatic rings. The number of hydrogen-bond donors (Lipinski definition) is 1. The van der Waals surface area contributed by atoms with Gasteiger partial charge in [0.2, 0.25) is 0 Å². The van der Waals surface area contributed by atoms with Crippen LogP contribution < -0.4 is 29.7 Å². The molecule has 0 radical (unpaired) electrons. The Morgan fingerprint density at radius 1 is 0.968 bits per heavy atom. The largest absolute Gasteiger partial charge is 0.497 e. The molecule has 3 aromatic heterocycles. The molecule has 0 bridgehead atoms. The number of nitrogens with zero attached hydrogens (tertiary/aromatic N) is 7. The van der Waals surface area contributed by atoms with E-state index in [2.05, 4.69) is 53.2 Å². The van der Waals surface area contributed by atoms with E-state index in [-0.39, 0.29) is 29.9 Å². The van der Waals surface area contributed by atoms with Crippen LogP contribution in [0.3, 0.4) is 0 Å². The van der Waals surface area contributed by atoms with Crippen LogP contribution in [0.1, 0.15) is 69.6 Å². The van der Waals surface area contributed by atoms with Gasteiger partial charge in [-0.05, 0) is 114 Å². The maximum atomic E-state index is 17.7. The number of methoxy groups -OCH3 is 2. The third kappa shape index (κ3) is 9.29. The molecule has 1 amide bonds. The van der Waals surface area contributed by atoms with Gasteiger partial charge in [-0.1, -0.05) is 45.0 Å². The smallest absolute Gasteiger partial charge is 0.404 e. The number of anilines is 2. The minimum absolute atomic E-state index is 0.00940. The standard InChI is InChI=1S/C47H55F2IN8O5/c1-28-21-36(56(24-29-10-14-32(60-5)15-11-29)25-30-12-16-33(61-6)17-13-30)53-41(38(28)50)40-37(49)39-34(23-52-40)43(58-20-7-9-35(63-44(51)59)42(58)46(2,3)4)55-45(54-39)62-27-47-18-8-19-57(47)26-31(48)22-47/h10-17,21,23,31,35,42H,7-9,18-20,22,24-27H2,1-6H3,(H2,51,59)/t31-,35?,42-,47+/m1/s1. The lowest BCUT2D eigenvalue weighted by Gasteiger charge is -2.47. The lowest BCUT2D eigenvalue weighted by molar-refractivity contribution is 0.0399. The zero-order valence-corrected chi connectivity index (χ0v) is 38.8. The highest BCUT2D eigenvalue weighted by Crippen LogP contribution is 2.43. The number of aromatic nitrogens is 4. The van der Waals surface area contributed by atoms with Crippen molar-refractivity contribution in [3.05, 3.63) is 86.9 Å². The van der Waals surface area contributed by atoms with Crippen molar-refractivity contribution in [1.29, 1.82) is 0 Å². The maximum Gasteiger partial charge on any atom is 0.404 e. The minimum atomic E-state index is -0.950. The number of aryl methyl sites for hydroxylation is 1. The highest BCUT2D eigenvalue weighted by Gasteiger charge is 2.50. The second-order valence-corrected chi connectivity index (χ2v) is 19.1. The average Bonchev–Trinajstić information content (AvgIpc) is 3.79. The summed E-state index contributed by atoms with van der Waals surface area (Å²) in [6, 6.07) is 17.4. The summed E-state index contributed by atoms with van der Waals surface area (Å²) >= 11 is 2.21. The molecule has 13 nitrogen and oxygen atoms in total. The van der Waals surface area contributed by atoms with Gasteiger partial charge >= 0.3 is 12.1 Å². The predicted octanol–water partition coefficient (Wildman–Crippen LogP) is 8.80. The van der Waals surface area contributed by atoms with Crippen molar-refractivity contribution in [3.8, 4) is 28.9 Å². The molecule has 0 aliphatic carbocycles. The molecular formula is C47H55F2IN8O5. The van der Waals surface area contributed by atoms with Crippen LogP contribution in [0.2, 0.25) is 0 Å². The molecule has 0 saturated carbocycles. The van der Waals surface area contributed by atoms with E-state index in [4.69, 9.17) is 44.6 Å². The van der Waals surface area contributed by atoms with Crippen molar-refractivity contribution >= 4 is 51.2 Å². The molecule has 3 aliphatic heterocycles. The molecule has 5 aromatic rings. The fraction of sp³-hybridized carbons (Fsp3) is 0.468. The van der Waals surface area contributed by atoms with E-state index >= 15 is 4.39 Å². The fourth-order valence-electron chi connectivity index (χ4n) is 9.69. The number of benzene rings is 2. The number of hydrogen-bond acceptors (Lipinski definition) is 12. The zero-order valence-electron chi connectivity index (χ0n) is 36.7. The quantitative estimate of drug-likeness (QED) is 0.113. The van der Waals surface area contributed by atoms with Gasteiger partial charge in [0.05, 0.1) is 31.2 Å². The Hall–Kier alpha value is -5.10. The first-order valence-corrected chi connectivity index (χ1v) is 22.5. The summed E-state index contributed by atoms with van der Waals surface area (Å²) in [4.78, 5) is 38.2. The van der Waals surface area contributed by atoms with E-state index in [1.54, 1.807) is 20.4 Å². The van der Waals surface area contributed by atoms with Gasteiger partial charge in [-0.15, -0.1) is 0 Å². The summed E-state index contributed by atoms with van der Waals surface area (Å²) in [7, 11) is 3.28. The van der Waals surface area contributed by atoms with Crippen LogP contribution in [-0.4, -0.2) is 95.2 Å². The number of nitrogens with two attached hydrogens (primary N) is 1. The molecular weight excluding hydrogens is 921 g/mol. The minimum Gasteiger partial charge on any atom is -0.497 e. The van der Waals surface area contributed by atoms with Crippen LogP contribution in [0.5, 0.6) is 17.5 Å². The molecule has 2 aromatic carbocycles. The Morgan fingerprint density at radius 2 is 1.63 bits per heavy atom. The Bertz CT molecular complexity index is 2410. The summed E-state index contributed by atoms with van der Waals surface area (Å²) < 4.78 is 56.3. The molecule has 8 rings (SSSR count). The molecule has 16 heteroatoms. The maximum absolute atomic E-state index is 17.7. The number of carbonyl (C=O) groups excluding carboxylic acids is 1. The van der Waals surface area contributed by atoms with E-state index in [9.17, 15) is 9.18 Å². The van der Waals surface area contributed by atoms with Gasteiger partial charge in [-0.3, -0.25) is 9.88 Å². The van der Waals surface area contributed by atoms with E-state index in [0.29, 0.717) is 68.2 Å². The van der Waals surface area contributed by atoms with Crippen LogP contribution in [0.4, 0.5) is 25.2 Å². The second kappa shape index (κ2) is 18.2. The molecule has 2 N–H and O–H groups in total. The molecule has 63 heavy (non-hydrogen) atoms. The van der Waals surface area contributed by atoms with Crippen molar-refractivity contribution in [3.63, 3.8) is 0 Å². The van der Waals surface area contributed by atoms with Gasteiger partial charge in [-0.2, -0.15) is 9.97 Å². The Morgan fingerprint density at radius 3 is 2.25 bits per heavy atom. The number of amides is 1. The van der Waals surface area contributed by atoms with Gasteiger partial charge in [-0.25, -0.2) is 18.6 Å². The molecule has 334 valence electrons. The van der Waals surface area contributed by atoms with Gasteiger partial charge in [0.15, 0.2) is 5.82 Å². The Labute approximate surface area is 380 Å². The first kappa shape index (κ1) is 44.5. The number of rotatable bonds is 13. The van der Waals surface area contributed by atoms with Gasteiger partial charge in [0.1, 0.15) is 58.9 Å². The number of carbonyl (C=O) groups is 1. The lowest BCUT2D eigenvalue weighted by Crippen LogP contribution is -2.57. The van der Waals surface area contributed by atoms with Crippen molar-refractivity contribution in [2.45, 2.75) is 96.7 Å². The number of pyridine rings is 2. The van der Waals surface area contributed by atoms with E-state index in [0.717, 1.165) is 51.1 Å². The highest BCUT2D eigenvalue weighted by atomic mass is 127. The summed E-state index contributed by atoms with van der Waals surface area (Å²) in [6.07, 6.45) is 2.57. The van der Waals surface area contributed by atoms with E-state index < -0.39 is 35.1 Å². The van der Waals surface area contributed by atoms with Crippen molar-refractivity contribution in [2.24, 2.45) is 11.1 Å². The number of fused-ring (bicyclic) bond motifs is 2. The van der Waals surface area contributed by atoms with Crippen molar-refractivity contribution in [2.75, 3.05) is 50.3 Å². The van der Waals surface area contributed by atoms with Crippen LogP contribution in [0.25, 0.3) is 22.3 Å². The first-order valence-electron chi connectivity index (χ1n) is 21.5. The Balaban J connectivity index is 1.24. The summed E-state index contributed by atoms with van der Waals surface area (Å²) in [5, 5.41) is 0.367. The number of alkyl halides is 1. The zero-order chi connectivity index (χ0) is 44.6. The van der Waals surface area contributed by atoms with Crippen molar-refractivity contribution in [1.82, 2.24) is 24.8 Å². The van der Waals surface area contributed by atoms with Gasteiger partial charge in [0.25, 0.3) is 0 Å². The lowest BCUT2D eigenvalue weighted by atomic mass is 9.78. The van der Waals surface area contributed by atoms with Crippen LogP contribution in [0.15, 0.2) is 60.8 Å². The van der Waals surface area contributed by atoms with Crippen molar-refractivity contribution < 1.29 is 32.5 Å². The summed E-state index contributed by atoms with van der Waals surface area (Å²) in [5.41, 5.74) is 8.02. The molecule has 6 heterocycles. The second-order valence-electron chi connectivity index (χ2n) is 18.0. The SMILES string of the molecule is COc1ccc(CN(Cc2ccc(OC)cc2)c2cc(C)c(I)c(-c3ncc4c(N5CCCC(OC(N)=O)[C@@H]5C(C)(C)C)nc(OC[C@@]56CCCN5C[C@H](F)C6)nc4c3F)n2)cc1. The number of primary amides is 1. The van der Waals surface area contributed by atoms with Crippen LogP contribution in [0, 0.1) is 21.7 Å². The predicted molar refractivity (Wildman–Crippen MR) is 247 cm³/mol. The molecule has 3 fully saturated rings. The van der Waals surface area contributed by atoms with E-state index in [1.807, 2.05) is 66.4 Å². The number of halogens is 3. The normalized spacial score (nSPS) is 21.3. The number of piperidine rings is 1. The molecule has 0 spiro atoms. The highest BCUT2D eigenvalue weighted by molar-refractivity contribution is 14.1. The Kier molecular flexibility index (Phi) is 12.8. The van der Waals surface area contributed by atoms with E-state index in [1.165, 1.54) is 0 Å². The van der Waals surface area contributed by atoms with Gasteiger partial charge in [0, 0.05) is 42.4 Å². The fourth-order valence-corrected chi connectivity index (χ4v) is 10.2. The third-order valence-electron chi connectivity index (χ3n) is 12.6. The molecule has 1 unspecified atom stereocenters. The van der Waals surface area contributed by atoms with Crippen LogP contribution in [-0.2, 0) is 17.8 Å². The summed E-state index contributed by atoms with van der Waals surface area (Å²) in [5.74, 6) is 1.86. The first-order chi connectivity index (χ1) is 30.2. The van der Waals surface area contributed by atoms with Crippen LogP contribution >= 0.6 is 22.6 Å². The average molecular weight is 977 g/mol. The molecule has 3 saturated heterocycles. The summed E-state index contributed by atoms with van der Waals surface area (Å²) in [6.45, 7) is 11.0. The topological polar surface area (TPSA) is 141 Å². The third-order valence-corrected chi connectivity index (χ3v) is 14.0.